The molecule has 0 spiro atoms. The van der Waals surface area contributed by atoms with Gasteiger partial charge in [0.15, 0.2) is 5.13 Å². The number of halogens is 1. The Morgan fingerprint density at radius 1 is 1.25 bits per heavy atom. The van der Waals surface area contributed by atoms with Crippen LogP contribution in [0.3, 0.4) is 0 Å². The fourth-order valence-electron chi connectivity index (χ4n) is 3.98. The van der Waals surface area contributed by atoms with E-state index in [0.717, 1.165) is 80.4 Å². The van der Waals surface area contributed by atoms with Crippen LogP contribution in [-0.4, -0.2) is 35.8 Å². The molecular formula is C20H28ClN5OS. The van der Waals surface area contributed by atoms with E-state index in [0.29, 0.717) is 10.9 Å². The van der Waals surface area contributed by atoms with Gasteiger partial charge in [0.05, 0.1) is 21.9 Å². The highest BCUT2D eigenvalue weighted by Crippen LogP contribution is 2.37. The minimum Gasteiger partial charge on any atom is -0.381 e. The summed E-state index contributed by atoms with van der Waals surface area (Å²) in [6.07, 6.45) is 7.44. The summed E-state index contributed by atoms with van der Waals surface area (Å²) in [5, 5.41) is 7.02. The maximum atomic E-state index is 6.67. The molecule has 3 heterocycles. The molecule has 1 aliphatic carbocycles. The highest BCUT2D eigenvalue weighted by Gasteiger charge is 2.34. The van der Waals surface area contributed by atoms with Crippen LogP contribution in [0, 0.1) is 5.92 Å². The molecule has 1 aliphatic heterocycles. The van der Waals surface area contributed by atoms with Crippen molar-refractivity contribution in [2.75, 3.05) is 25.1 Å². The number of anilines is 1. The lowest BCUT2D eigenvalue weighted by Gasteiger charge is -2.35. The van der Waals surface area contributed by atoms with E-state index in [1.54, 1.807) is 17.5 Å². The minimum absolute atomic E-state index is 0.242. The molecule has 1 saturated carbocycles. The number of hydrogen-bond donors (Lipinski definition) is 3. The molecule has 0 radical (unpaired) electrons. The largest absolute Gasteiger partial charge is 0.381 e. The number of ether oxygens (including phenoxy) is 1. The Morgan fingerprint density at radius 3 is 2.75 bits per heavy atom. The zero-order valence-electron chi connectivity index (χ0n) is 16.0. The van der Waals surface area contributed by atoms with E-state index in [1.165, 1.54) is 0 Å². The van der Waals surface area contributed by atoms with Gasteiger partial charge in [0.1, 0.15) is 0 Å². The molecule has 28 heavy (non-hydrogen) atoms. The van der Waals surface area contributed by atoms with Crippen LogP contribution in [0.5, 0.6) is 0 Å². The Kier molecular flexibility index (Phi) is 6.18. The molecule has 4 rings (SSSR count). The first kappa shape index (κ1) is 20.0. The fourth-order valence-corrected chi connectivity index (χ4v) is 4.90. The van der Waals surface area contributed by atoms with Crippen LogP contribution in [0.25, 0.3) is 11.3 Å². The van der Waals surface area contributed by atoms with Gasteiger partial charge < -0.3 is 21.5 Å². The van der Waals surface area contributed by atoms with E-state index >= 15 is 0 Å². The van der Waals surface area contributed by atoms with Gasteiger partial charge in [-0.3, -0.25) is 4.98 Å². The Morgan fingerprint density at radius 2 is 2.00 bits per heavy atom. The fraction of sp³-hybridized carbons (Fsp3) is 0.600. The van der Waals surface area contributed by atoms with Crippen molar-refractivity contribution in [2.24, 2.45) is 17.4 Å². The van der Waals surface area contributed by atoms with Crippen molar-refractivity contribution >= 4 is 28.1 Å². The number of aromatic nitrogens is 2. The standard InChI is InChI=1S/C20H28ClN5OS/c21-16-11-24-18(20(23)5-1-14(22)2-6-20)9-15(16)17-12-28-19(26-17)25-10-13-3-7-27-8-4-13/h9,11-14H,1-8,10,22-23H2,(H,25,26). The van der Waals surface area contributed by atoms with Crippen molar-refractivity contribution in [3.63, 3.8) is 0 Å². The molecule has 0 unspecified atom stereocenters. The molecule has 6 nitrogen and oxygen atoms in total. The summed E-state index contributed by atoms with van der Waals surface area (Å²) in [6.45, 7) is 2.64. The van der Waals surface area contributed by atoms with E-state index in [2.05, 4.69) is 10.3 Å². The summed E-state index contributed by atoms with van der Waals surface area (Å²) in [7, 11) is 0. The van der Waals surface area contributed by atoms with Crippen LogP contribution >= 0.6 is 22.9 Å². The topological polar surface area (TPSA) is 99.1 Å². The van der Waals surface area contributed by atoms with Crippen LogP contribution in [-0.2, 0) is 10.3 Å². The third kappa shape index (κ3) is 4.49. The predicted molar refractivity (Wildman–Crippen MR) is 115 cm³/mol. The summed E-state index contributed by atoms with van der Waals surface area (Å²) in [6, 6.07) is 2.25. The van der Waals surface area contributed by atoms with E-state index in [1.807, 2.05) is 11.4 Å². The van der Waals surface area contributed by atoms with Crippen LogP contribution in [0.1, 0.15) is 44.2 Å². The molecule has 2 aliphatic rings. The van der Waals surface area contributed by atoms with E-state index in [-0.39, 0.29) is 6.04 Å². The third-order valence-electron chi connectivity index (χ3n) is 5.95. The molecule has 2 aromatic rings. The van der Waals surface area contributed by atoms with E-state index < -0.39 is 5.54 Å². The van der Waals surface area contributed by atoms with Gasteiger partial charge >= 0.3 is 0 Å². The molecule has 1 saturated heterocycles. The minimum atomic E-state index is -0.435. The Hall–Kier alpha value is -1.25. The average Bonchev–Trinajstić information content (AvgIpc) is 3.19. The zero-order chi connectivity index (χ0) is 19.6. The summed E-state index contributed by atoms with van der Waals surface area (Å²) in [5.41, 5.74) is 14.9. The Balaban J connectivity index is 1.49. The second kappa shape index (κ2) is 8.63. The van der Waals surface area contributed by atoms with Gasteiger partial charge in [0.2, 0.25) is 0 Å². The van der Waals surface area contributed by atoms with E-state index in [4.69, 9.17) is 32.8 Å². The molecular weight excluding hydrogens is 394 g/mol. The highest BCUT2D eigenvalue weighted by molar-refractivity contribution is 7.14. The summed E-state index contributed by atoms with van der Waals surface area (Å²) < 4.78 is 5.42. The zero-order valence-corrected chi connectivity index (χ0v) is 17.6. The van der Waals surface area contributed by atoms with Crippen LogP contribution in [0.4, 0.5) is 5.13 Å². The monoisotopic (exact) mass is 421 g/mol. The van der Waals surface area contributed by atoms with E-state index in [9.17, 15) is 0 Å². The van der Waals surface area contributed by atoms with Gasteiger partial charge in [0, 0.05) is 42.9 Å². The molecule has 0 atom stereocenters. The number of nitrogens with one attached hydrogen (secondary N) is 1. The van der Waals surface area contributed by atoms with Crippen molar-refractivity contribution in [2.45, 2.75) is 50.1 Å². The number of rotatable bonds is 5. The second-order valence-corrected chi connectivity index (χ2v) is 9.28. The summed E-state index contributed by atoms with van der Waals surface area (Å²) >= 11 is 8.06. The Bertz CT molecular complexity index is 800. The van der Waals surface area contributed by atoms with Crippen molar-refractivity contribution in [3.8, 4) is 11.3 Å². The molecule has 2 aromatic heterocycles. The maximum Gasteiger partial charge on any atom is 0.183 e. The van der Waals surface area contributed by atoms with Crippen molar-refractivity contribution in [1.29, 1.82) is 0 Å². The highest BCUT2D eigenvalue weighted by atomic mass is 35.5. The SMILES string of the molecule is NC1CCC(N)(c2cc(-c3csc(NCC4CCOCC4)n3)c(Cl)cn2)CC1. The number of hydrogen-bond acceptors (Lipinski definition) is 7. The van der Waals surface area contributed by atoms with Gasteiger partial charge in [-0.1, -0.05) is 11.6 Å². The molecule has 0 aromatic carbocycles. The van der Waals surface area contributed by atoms with Crippen LogP contribution in [0.2, 0.25) is 5.02 Å². The van der Waals surface area contributed by atoms with Gasteiger partial charge in [-0.2, -0.15) is 0 Å². The average molecular weight is 422 g/mol. The van der Waals surface area contributed by atoms with Crippen molar-refractivity contribution < 1.29 is 4.74 Å². The van der Waals surface area contributed by atoms with Gasteiger partial charge in [-0.15, -0.1) is 11.3 Å². The second-order valence-electron chi connectivity index (χ2n) is 8.02. The first-order chi connectivity index (χ1) is 13.5. The number of pyridine rings is 1. The maximum absolute atomic E-state index is 6.67. The molecule has 2 fully saturated rings. The van der Waals surface area contributed by atoms with Crippen molar-refractivity contribution in [3.05, 3.63) is 28.4 Å². The first-order valence-electron chi connectivity index (χ1n) is 10.0. The summed E-state index contributed by atoms with van der Waals surface area (Å²) in [5.74, 6) is 0.645. The van der Waals surface area contributed by atoms with Gasteiger partial charge in [-0.25, -0.2) is 4.98 Å². The number of nitrogens with zero attached hydrogens (tertiary/aromatic N) is 2. The molecule has 152 valence electrons. The molecule has 0 amide bonds. The van der Waals surface area contributed by atoms with Crippen molar-refractivity contribution in [1.82, 2.24) is 9.97 Å². The summed E-state index contributed by atoms with van der Waals surface area (Å²) in [4.78, 5) is 9.29. The normalized spacial score (nSPS) is 26.3. The lowest BCUT2D eigenvalue weighted by Crippen LogP contribution is -2.44. The molecule has 5 N–H and O–H groups in total. The van der Waals surface area contributed by atoms with Crippen LogP contribution < -0.4 is 16.8 Å². The molecule has 8 heteroatoms. The van der Waals surface area contributed by atoms with Gasteiger partial charge in [0.25, 0.3) is 0 Å². The number of nitrogens with two attached hydrogens (primary N) is 2. The first-order valence-corrected chi connectivity index (χ1v) is 11.3. The smallest absolute Gasteiger partial charge is 0.183 e. The number of thiazole rings is 1. The Labute approximate surface area is 175 Å². The third-order valence-corrected chi connectivity index (χ3v) is 7.05. The van der Waals surface area contributed by atoms with Crippen LogP contribution in [0.15, 0.2) is 17.6 Å². The lowest BCUT2D eigenvalue weighted by atomic mass is 9.78. The quantitative estimate of drug-likeness (QED) is 0.679. The van der Waals surface area contributed by atoms with Gasteiger partial charge in [-0.05, 0) is 50.5 Å². The lowest BCUT2D eigenvalue weighted by molar-refractivity contribution is 0.0699. The predicted octanol–water partition coefficient (Wildman–Crippen LogP) is 3.75. The molecule has 0 bridgehead atoms.